The predicted molar refractivity (Wildman–Crippen MR) is 70.1 cm³/mol. The molecule has 0 spiro atoms. The standard InChI is InChI=1S/C15H22N2/c1-10(11(2)17-13-6-7-13)14-8-5-12-4-3-9-16-15(12)14/h3-4,9-11,13-14,17H,5-8H2,1-2H3. The second-order valence-corrected chi connectivity index (χ2v) is 5.78. The summed E-state index contributed by atoms with van der Waals surface area (Å²) < 4.78 is 0. The Balaban J connectivity index is 1.72. The van der Waals surface area contributed by atoms with Crippen LogP contribution < -0.4 is 5.32 Å². The lowest BCUT2D eigenvalue weighted by atomic mass is 9.86. The highest BCUT2D eigenvalue weighted by molar-refractivity contribution is 5.29. The Kier molecular flexibility index (Phi) is 2.91. The molecule has 0 radical (unpaired) electrons. The van der Waals surface area contributed by atoms with Crippen LogP contribution in [0.25, 0.3) is 0 Å². The molecule has 92 valence electrons. The van der Waals surface area contributed by atoms with E-state index in [1.165, 1.54) is 36.9 Å². The maximum absolute atomic E-state index is 4.61. The van der Waals surface area contributed by atoms with Gasteiger partial charge in [-0.3, -0.25) is 4.98 Å². The van der Waals surface area contributed by atoms with Gasteiger partial charge < -0.3 is 5.32 Å². The Labute approximate surface area is 104 Å². The number of rotatable bonds is 4. The largest absolute Gasteiger partial charge is 0.311 e. The van der Waals surface area contributed by atoms with E-state index >= 15 is 0 Å². The summed E-state index contributed by atoms with van der Waals surface area (Å²) in [7, 11) is 0. The summed E-state index contributed by atoms with van der Waals surface area (Å²) in [4.78, 5) is 4.61. The molecule has 1 aromatic rings. The Morgan fingerprint density at radius 2 is 2.12 bits per heavy atom. The number of pyridine rings is 1. The van der Waals surface area contributed by atoms with E-state index in [2.05, 4.69) is 36.3 Å². The molecule has 2 aliphatic carbocycles. The summed E-state index contributed by atoms with van der Waals surface area (Å²) in [5.41, 5.74) is 2.84. The summed E-state index contributed by atoms with van der Waals surface area (Å²) in [6, 6.07) is 5.73. The third-order valence-corrected chi connectivity index (χ3v) is 4.50. The lowest BCUT2D eigenvalue weighted by molar-refractivity contribution is 0.335. The van der Waals surface area contributed by atoms with Crippen LogP contribution in [0.5, 0.6) is 0 Å². The molecule has 1 heterocycles. The van der Waals surface area contributed by atoms with Gasteiger partial charge in [0.25, 0.3) is 0 Å². The molecule has 0 aliphatic heterocycles. The van der Waals surface area contributed by atoms with Gasteiger partial charge in [0.2, 0.25) is 0 Å². The van der Waals surface area contributed by atoms with Crippen molar-refractivity contribution in [2.24, 2.45) is 5.92 Å². The van der Waals surface area contributed by atoms with Crippen molar-refractivity contribution < 1.29 is 0 Å². The van der Waals surface area contributed by atoms with Crippen LogP contribution in [0.15, 0.2) is 18.3 Å². The van der Waals surface area contributed by atoms with Crippen LogP contribution in [0.3, 0.4) is 0 Å². The van der Waals surface area contributed by atoms with Gasteiger partial charge in [-0.25, -0.2) is 0 Å². The van der Waals surface area contributed by atoms with E-state index in [4.69, 9.17) is 0 Å². The Hall–Kier alpha value is -0.890. The number of nitrogens with one attached hydrogen (secondary N) is 1. The summed E-state index contributed by atoms with van der Waals surface area (Å²) in [5, 5.41) is 3.73. The maximum Gasteiger partial charge on any atom is 0.0469 e. The minimum Gasteiger partial charge on any atom is -0.311 e. The van der Waals surface area contributed by atoms with E-state index in [1.807, 2.05) is 6.20 Å². The molecule has 0 aromatic carbocycles. The summed E-state index contributed by atoms with van der Waals surface area (Å²) in [5.74, 6) is 1.35. The monoisotopic (exact) mass is 230 g/mol. The second kappa shape index (κ2) is 4.41. The normalized spacial score (nSPS) is 26.6. The Bertz CT molecular complexity index is 398. The molecule has 17 heavy (non-hydrogen) atoms. The van der Waals surface area contributed by atoms with Gasteiger partial charge in [0.15, 0.2) is 0 Å². The van der Waals surface area contributed by atoms with Crippen LogP contribution in [0, 0.1) is 5.92 Å². The molecule has 3 unspecified atom stereocenters. The number of nitrogens with zero attached hydrogens (tertiary/aromatic N) is 1. The predicted octanol–water partition coefficient (Wildman–Crippen LogP) is 2.89. The van der Waals surface area contributed by atoms with Gasteiger partial charge in [-0.05, 0) is 50.2 Å². The van der Waals surface area contributed by atoms with Crippen molar-refractivity contribution in [3.05, 3.63) is 29.6 Å². The average Bonchev–Trinajstić information content (AvgIpc) is 3.05. The van der Waals surface area contributed by atoms with Gasteiger partial charge in [-0.2, -0.15) is 0 Å². The molecule has 3 rings (SSSR count). The lowest BCUT2D eigenvalue weighted by Crippen LogP contribution is -2.36. The van der Waals surface area contributed by atoms with Gasteiger partial charge in [0.05, 0.1) is 0 Å². The fourth-order valence-corrected chi connectivity index (χ4v) is 3.08. The fourth-order valence-electron chi connectivity index (χ4n) is 3.08. The molecule has 1 fully saturated rings. The van der Waals surface area contributed by atoms with Crippen molar-refractivity contribution in [1.29, 1.82) is 0 Å². The summed E-state index contributed by atoms with van der Waals surface area (Å²) in [6.07, 6.45) is 7.19. The number of aryl methyl sites for hydroxylation is 1. The molecular formula is C15H22N2. The first kappa shape index (κ1) is 11.2. The van der Waals surface area contributed by atoms with Crippen molar-refractivity contribution in [2.45, 2.75) is 57.5 Å². The molecule has 1 aromatic heterocycles. The third kappa shape index (κ3) is 2.23. The number of fused-ring (bicyclic) bond motifs is 1. The van der Waals surface area contributed by atoms with Crippen LogP contribution in [0.4, 0.5) is 0 Å². The van der Waals surface area contributed by atoms with E-state index in [1.54, 1.807) is 0 Å². The van der Waals surface area contributed by atoms with Crippen LogP contribution in [0.1, 0.15) is 50.3 Å². The number of hydrogen-bond donors (Lipinski definition) is 1. The molecule has 0 amide bonds. The zero-order chi connectivity index (χ0) is 11.8. The van der Waals surface area contributed by atoms with Gasteiger partial charge in [0.1, 0.15) is 0 Å². The van der Waals surface area contributed by atoms with Gasteiger partial charge >= 0.3 is 0 Å². The minimum atomic E-state index is 0.612. The molecule has 0 saturated heterocycles. The van der Waals surface area contributed by atoms with Crippen molar-refractivity contribution in [3.63, 3.8) is 0 Å². The molecule has 2 heteroatoms. The third-order valence-electron chi connectivity index (χ3n) is 4.50. The highest BCUT2D eigenvalue weighted by Gasteiger charge is 2.33. The van der Waals surface area contributed by atoms with E-state index in [0.29, 0.717) is 17.9 Å². The summed E-state index contributed by atoms with van der Waals surface area (Å²) in [6.45, 7) is 4.72. The summed E-state index contributed by atoms with van der Waals surface area (Å²) >= 11 is 0. The fraction of sp³-hybridized carbons (Fsp3) is 0.667. The van der Waals surface area contributed by atoms with E-state index in [0.717, 1.165) is 6.04 Å². The smallest absolute Gasteiger partial charge is 0.0469 e. The van der Waals surface area contributed by atoms with E-state index < -0.39 is 0 Å². The number of aromatic nitrogens is 1. The SMILES string of the molecule is CC(NC1CC1)C(C)C1CCc2cccnc21. The molecule has 2 nitrogen and oxygen atoms in total. The highest BCUT2D eigenvalue weighted by atomic mass is 15.0. The number of hydrogen-bond acceptors (Lipinski definition) is 2. The van der Waals surface area contributed by atoms with Gasteiger partial charge in [0, 0.05) is 29.9 Å². The Morgan fingerprint density at radius 1 is 1.29 bits per heavy atom. The average molecular weight is 230 g/mol. The van der Waals surface area contributed by atoms with Crippen LogP contribution in [0.2, 0.25) is 0 Å². The van der Waals surface area contributed by atoms with E-state index in [9.17, 15) is 0 Å². The molecule has 3 atom stereocenters. The first-order valence-electron chi connectivity index (χ1n) is 6.95. The molecular weight excluding hydrogens is 208 g/mol. The molecule has 2 aliphatic rings. The van der Waals surface area contributed by atoms with Crippen molar-refractivity contribution >= 4 is 0 Å². The molecule has 1 N–H and O–H groups in total. The lowest BCUT2D eigenvalue weighted by Gasteiger charge is -2.27. The zero-order valence-corrected chi connectivity index (χ0v) is 10.8. The molecule has 0 bridgehead atoms. The highest BCUT2D eigenvalue weighted by Crippen LogP contribution is 2.38. The second-order valence-electron chi connectivity index (χ2n) is 5.78. The van der Waals surface area contributed by atoms with Crippen molar-refractivity contribution in [3.8, 4) is 0 Å². The van der Waals surface area contributed by atoms with Crippen LogP contribution in [-0.2, 0) is 6.42 Å². The van der Waals surface area contributed by atoms with Crippen LogP contribution in [-0.4, -0.2) is 17.1 Å². The first-order chi connectivity index (χ1) is 8.25. The quantitative estimate of drug-likeness (QED) is 0.860. The Morgan fingerprint density at radius 3 is 2.88 bits per heavy atom. The van der Waals surface area contributed by atoms with Gasteiger partial charge in [-0.1, -0.05) is 13.0 Å². The van der Waals surface area contributed by atoms with Crippen molar-refractivity contribution in [2.75, 3.05) is 0 Å². The maximum atomic E-state index is 4.61. The van der Waals surface area contributed by atoms with Gasteiger partial charge in [-0.15, -0.1) is 0 Å². The molecule has 1 saturated carbocycles. The minimum absolute atomic E-state index is 0.612. The zero-order valence-electron chi connectivity index (χ0n) is 10.8. The topological polar surface area (TPSA) is 24.9 Å². The first-order valence-corrected chi connectivity index (χ1v) is 6.95. The van der Waals surface area contributed by atoms with Crippen LogP contribution >= 0.6 is 0 Å². The van der Waals surface area contributed by atoms with E-state index in [-0.39, 0.29) is 0 Å². The van der Waals surface area contributed by atoms with Crippen molar-refractivity contribution in [1.82, 2.24) is 10.3 Å².